The number of nitrogens with zero attached hydrogens (tertiary/aromatic N) is 2. The highest BCUT2D eigenvalue weighted by Gasteiger charge is 2.23. The topological polar surface area (TPSA) is 90.0 Å². The fraction of sp³-hybridized carbons (Fsp3) is 0.389. The minimum atomic E-state index is -0.499. The molecule has 24 heavy (non-hydrogen) atoms. The summed E-state index contributed by atoms with van der Waals surface area (Å²) in [7, 11) is 0. The normalized spacial score (nSPS) is 11.3. The lowest BCUT2D eigenvalue weighted by Gasteiger charge is -2.26. The third-order valence-electron chi connectivity index (χ3n) is 4.33. The van der Waals surface area contributed by atoms with Gasteiger partial charge in [0.2, 0.25) is 5.43 Å². The second-order valence-corrected chi connectivity index (χ2v) is 6.00. The molecule has 0 saturated carbocycles. The first-order chi connectivity index (χ1) is 11.4. The van der Waals surface area contributed by atoms with Crippen molar-refractivity contribution in [3.05, 3.63) is 58.0 Å². The Morgan fingerprint density at radius 2 is 1.88 bits per heavy atom. The van der Waals surface area contributed by atoms with Crippen LogP contribution >= 0.6 is 0 Å². The SMILES string of the molecule is CCC(N)(CC)CNC(=O)c1nn(-c2ccccc2)c(C)cc1=O. The van der Waals surface area contributed by atoms with Crippen LogP contribution in [0.4, 0.5) is 0 Å². The van der Waals surface area contributed by atoms with Crippen molar-refractivity contribution in [3.63, 3.8) is 0 Å². The summed E-state index contributed by atoms with van der Waals surface area (Å²) in [5.41, 5.74) is 6.65. The molecule has 3 N–H and O–H groups in total. The number of para-hydroxylation sites is 1. The summed E-state index contributed by atoms with van der Waals surface area (Å²) in [4.78, 5) is 24.6. The number of nitrogens with two attached hydrogens (primary N) is 1. The fourth-order valence-electron chi connectivity index (χ4n) is 2.38. The molecule has 0 aliphatic rings. The lowest BCUT2D eigenvalue weighted by atomic mass is 9.94. The molecule has 0 bridgehead atoms. The van der Waals surface area contributed by atoms with Crippen molar-refractivity contribution in [2.24, 2.45) is 5.73 Å². The maximum atomic E-state index is 12.4. The number of carbonyl (C=O) groups excluding carboxylic acids is 1. The number of hydrogen-bond donors (Lipinski definition) is 2. The van der Waals surface area contributed by atoms with Crippen LogP contribution in [0.25, 0.3) is 5.69 Å². The van der Waals surface area contributed by atoms with E-state index >= 15 is 0 Å². The van der Waals surface area contributed by atoms with Crippen molar-refractivity contribution in [1.82, 2.24) is 15.1 Å². The van der Waals surface area contributed by atoms with Crippen LogP contribution in [0.1, 0.15) is 42.9 Å². The molecule has 2 aromatic rings. The minimum absolute atomic E-state index is 0.126. The van der Waals surface area contributed by atoms with Crippen LogP contribution in [0.2, 0.25) is 0 Å². The highest BCUT2D eigenvalue weighted by Crippen LogP contribution is 2.10. The summed E-state index contributed by atoms with van der Waals surface area (Å²) >= 11 is 0. The van der Waals surface area contributed by atoms with Gasteiger partial charge in [0.05, 0.1) is 5.69 Å². The number of aryl methyl sites for hydroxylation is 1. The van der Waals surface area contributed by atoms with Crippen molar-refractivity contribution < 1.29 is 4.79 Å². The Bertz CT molecular complexity index is 764. The second-order valence-electron chi connectivity index (χ2n) is 6.00. The quantitative estimate of drug-likeness (QED) is 0.846. The minimum Gasteiger partial charge on any atom is -0.349 e. The van der Waals surface area contributed by atoms with Gasteiger partial charge in [-0.15, -0.1) is 0 Å². The molecule has 1 heterocycles. The Kier molecular flexibility index (Phi) is 5.51. The van der Waals surface area contributed by atoms with Crippen LogP contribution in [0, 0.1) is 6.92 Å². The summed E-state index contributed by atoms with van der Waals surface area (Å²) in [6, 6.07) is 10.8. The predicted molar refractivity (Wildman–Crippen MR) is 94.4 cm³/mol. The van der Waals surface area contributed by atoms with Gasteiger partial charge in [-0.1, -0.05) is 32.0 Å². The lowest BCUT2D eigenvalue weighted by molar-refractivity contribution is 0.0934. The molecule has 0 spiro atoms. The molecule has 0 radical (unpaired) electrons. The lowest BCUT2D eigenvalue weighted by Crippen LogP contribution is -2.50. The van der Waals surface area contributed by atoms with Gasteiger partial charge < -0.3 is 11.1 Å². The number of hydrogen-bond acceptors (Lipinski definition) is 4. The molecular weight excluding hydrogens is 304 g/mol. The largest absolute Gasteiger partial charge is 0.349 e. The average Bonchev–Trinajstić information content (AvgIpc) is 2.60. The second kappa shape index (κ2) is 7.40. The third-order valence-corrected chi connectivity index (χ3v) is 4.33. The first-order valence-corrected chi connectivity index (χ1v) is 8.13. The van der Waals surface area contributed by atoms with Crippen LogP contribution in [0.3, 0.4) is 0 Å². The Balaban J connectivity index is 2.30. The zero-order valence-corrected chi connectivity index (χ0v) is 14.4. The van der Waals surface area contributed by atoms with Gasteiger partial charge >= 0.3 is 0 Å². The standard InChI is InChI=1S/C18H24N4O2/c1-4-18(19,5-2)12-20-17(24)16-15(23)11-13(3)22(21-16)14-9-7-6-8-10-14/h6-11H,4-5,12,19H2,1-3H3,(H,20,24). The maximum absolute atomic E-state index is 12.4. The number of carbonyl (C=O) groups is 1. The van der Waals surface area contributed by atoms with E-state index in [-0.39, 0.29) is 5.69 Å². The van der Waals surface area contributed by atoms with Crippen LogP contribution in [0.5, 0.6) is 0 Å². The molecule has 1 aromatic carbocycles. The van der Waals surface area contributed by atoms with E-state index in [4.69, 9.17) is 5.73 Å². The summed E-state index contributed by atoms with van der Waals surface area (Å²) < 4.78 is 1.59. The molecule has 1 aromatic heterocycles. The van der Waals surface area contributed by atoms with Crippen molar-refractivity contribution >= 4 is 5.91 Å². The van der Waals surface area contributed by atoms with E-state index in [1.54, 1.807) is 11.6 Å². The molecule has 6 heteroatoms. The molecule has 0 atom stereocenters. The van der Waals surface area contributed by atoms with Crippen LogP contribution in [-0.4, -0.2) is 27.8 Å². The summed E-state index contributed by atoms with van der Waals surface area (Å²) in [5, 5.41) is 6.99. The zero-order valence-electron chi connectivity index (χ0n) is 14.4. The molecule has 2 rings (SSSR count). The Labute approximate surface area is 141 Å². The van der Waals surface area contributed by atoms with Gasteiger partial charge in [0.25, 0.3) is 5.91 Å². The van der Waals surface area contributed by atoms with Gasteiger partial charge in [0, 0.05) is 23.8 Å². The zero-order chi connectivity index (χ0) is 17.7. The highest BCUT2D eigenvalue weighted by molar-refractivity contribution is 5.92. The Hall–Kier alpha value is -2.47. The summed E-state index contributed by atoms with van der Waals surface area (Å²) in [6.07, 6.45) is 1.47. The molecule has 128 valence electrons. The van der Waals surface area contributed by atoms with Crippen LogP contribution < -0.4 is 16.5 Å². The van der Waals surface area contributed by atoms with Gasteiger partial charge in [-0.2, -0.15) is 5.10 Å². The van der Waals surface area contributed by atoms with E-state index in [1.807, 2.05) is 44.2 Å². The van der Waals surface area contributed by atoms with Crippen LogP contribution in [0.15, 0.2) is 41.2 Å². The Morgan fingerprint density at radius 3 is 2.46 bits per heavy atom. The summed E-state index contributed by atoms with van der Waals surface area (Å²) in [5.74, 6) is -0.499. The maximum Gasteiger partial charge on any atom is 0.275 e. The van der Waals surface area contributed by atoms with Crippen molar-refractivity contribution in [1.29, 1.82) is 0 Å². The van der Waals surface area contributed by atoms with Gasteiger partial charge in [0.15, 0.2) is 5.69 Å². The molecule has 0 saturated heterocycles. The Morgan fingerprint density at radius 1 is 1.25 bits per heavy atom. The number of nitrogens with one attached hydrogen (secondary N) is 1. The molecule has 0 unspecified atom stereocenters. The van der Waals surface area contributed by atoms with E-state index in [2.05, 4.69) is 10.4 Å². The monoisotopic (exact) mass is 328 g/mol. The van der Waals surface area contributed by atoms with E-state index in [0.29, 0.717) is 12.2 Å². The molecule has 0 fully saturated rings. The van der Waals surface area contributed by atoms with Crippen molar-refractivity contribution in [2.45, 2.75) is 39.2 Å². The van der Waals surface area contributed by atoms with Gasteiger partial charge in [0.1, 0.15) is 0 Å². The fourth-order valence-corrected chi connectivity index (χ4v) is 2.38. The van der Waals surface area contributed by atoms with E-state index in [0.717, 1.165) is 18.5 Å². The van der Waals surface area contributed by atoms with Crippen molar-refractivity contribution in [3.8, 4) is 5.69 Å². The van der Waals surface area contributed by atoms with Crippen molar-refractivity contribution in [2.75, 3.05) is 6.54 Å². The molecule has 1 amide bonds. The highest BCUT2D eigenvalue weighted by atomic mass is 16.2. The number of amides is 1. The number of aromatic nitrogens is 2. The average molecular weight is 328 g/mol. The summed E-state index contributed by atoms with van der Waals surface area (Å²) in [6.45, 7) is 6.03. The molecule has 0 aliphatic carbocycles. The first kappa shape index (κ1) is 17.9. The van der Waals surface area contributed by atoms with Gasteiger partial charge in [-0.05, 0) is 31.9 Å². The van der Waals surface area contributed by atoms with Crippen LogP contribution in [-0.2, 0) is 0 Å². The third kappa shape index (κ3) is 3.89. The number of rotatable bonds is 6. The van der Waals surface area contributed by atoms with E-state index in [9.17, 15) is 9.59 Å². The van der Waals surface area contributed by atoms with E-state index in [1.165, 1.54) is 6.07 Å². The molecule has 0 aliphatic heterocycles. The first-order valence-electron chi connectivity index (χ1n) is 8.13. The number of benzene rings is 1. The van der Waals surface area contributed by atoms with Gasteiger partial charge in [-0.3, -0.25) is 9.59 Å². The molecule has 6 nitrogen and oxygen atoms in total. The van der Waals surface area contributed by atoms with E-state index < -0.39 is 16.9 Å². The predicted octanol–water partition coefficient (Wildman–Crippen LogP) is 1.79. The van der Waals surface area contributed by atoms with Gasteiger partial charge in [-0.25, -0.2) is 4.68 Å². The molecular formula is C18H24N4O2. The smallest absolute Gasteiger partial charge is 0.275 e.